The lowest BCUT2D eigenvalue weighted by molar-refractivity contribution is -0.148. The second kappa shape index (κ2) is 6.01. The molecular weight excluding hydrogens is 260 g/mol. The van der Waals surface area contributed by atoms with Crippen molar-refractivity contribution in [3.63, 3.8) is 0 Å². The maximum absolute atomic E-state index is 11.8. The third-order valence-corrected chi connectivity index (χ3v) is 2.61. The Bertz CT molecular complexity index is 652. The molecule has 0 N–H and O–H groups in total. The van der Waals surface area contributed by atoms with Crippen LogP contribution in [0.3, 0.4) is 0 Å². The molecule has 0 aliphatic rings. The van der Waals surface area contributed by atoms with Crippen molar-refractivity contribution in [3.8, 4) is 11.6 Å². The average molecular weight is 274 g/mol. The monoisotopic (exact) mass is 274 g/mol. The van der Waals surface area contributed by atoms with Gasteiger partial charge < -0.3 is 9.47 Å². The van der Waals surface area contributed by atoms with Crippen molar-refractivity contribution >= 4 is 5.97 Å². The van der Waals surface area contributed by atoms with Crippen molar-refractivity contribution < 1.29 is 14.3 Å². The maximum Gasteiger partial charge on any atom is 0.346 e. The van der Waals surface area contributed by atoms with E-state index in [9.17, 15) is 9.59 Å². The molecule has 1 aromatic heterocycles. The molecule has 20 heavy (non-hydrogen) atoms. The van der Waals surface area contributed by atoms with Gasteiger partial charge >= 0.3 is 5.97 Å². The highest BCUT2D eigenvalue weighted by Gasteiger charge is 2.16. The Kier molecular flexibility index (Phi) is 4.14. The zero-order chi connectivity index (χ0) is 14.5. The number of carbonyl (C=O) groups is 1. The Hall–Kier alpha value is -2.63. The van der Waals surface area contributed by atoms with E-state index >= 15 is 0 Å². The number of hydrogen-bond donors (Lipinski definition) is 0. The van der Waals surface area contributed by atoms with E-state index in [0.717, 1.165) is 0 Å². The summed E-state index contributed by atoms with van der Waals surface area (Å²) in [4.78, 5) is 23.1. The molecule has 0 radical (unpaired) electrons. The third-order valence-electron chi connectivity index (χ3n) is 2.61. The number of esters is 1. The number of hydrogen-bond acceptors (Lipinski definition) is 5. The van der Waals surface area contributed by atoms with Crippen molar-refractivity contribution in [2.24, 2.45) is 0 Å². The second-order valence-corrected chi connectivity index (χ2v) is 4.04. The molecule has 1 heterocycles. The first-order valence-corrected chi connectivity index (χ1v) is 6.02. The number of benzene rings is 1. The smallest absolute Gasteiger partial charge is 0.346 e. The highest BCUT2D eigenvalue weighted by molar-refractivity contribution is 5.74. The molecule has 2 rings (SSSR count). The predicted molar refractivity (Wildman–Crippen MR) is 71.9 cm³/mol. The zero-order valence-corrected chi connectivity index (χ0v) is 11.1. The summed E-state index contributed by atoms with van der Waals surface area (Å²) < 4.78 is 11.1. The summed E-state index contributed by atoms with van der Waals surface area (Å²) in [7, 11) is 1.28. The summed E-state index contributed by atoms with van der Waals surface area (Å²) in [6.45, 7) is 1.55. The molecule has 1 aromatic carbocycles. The lowest BCUT2D eigenvalue weighted by atomic mass is 10.3. The van der Waals surface area contributed by atoms with Crippen LogP contribution in [0.2, 0.25) is 0 Å². The van der Waals surface area contributed by atoms with Gasteiger partial charge in [0, 0.05) is 12.1 Å². The minimum absolute atomic E-state index is 0.173. The van der Waals surface area contributed by atoms with Crippen molar-refractivity contribution in [1.82, 2.24) is 9.78 Å². The molecule has 2 aromatic rings. The molecule has 0 amide bonds. The van der Waals surface area contributed by atoms with Gasteiger partial charge in [-0.05, 0) is 19.1 Å². The van der Waals surface area contributed by atoms with Gasteiger partial charge in [-0.2, -0.15) is 4.68 Å². The van der Waals surface area contributed by atoms with Crippen LogP contribution >= 0.6 is 0 Å². The van der Waals surface area contributed by atoms with Crippen molar-refractivity contribution in [2.75, 3.05) is 7.11 Å². The van der Waals surface area contributed by atoms with Gasteiger partial charge in [-0.1, -0.05) is 18.2 Å². The Morgan fingerprint density at radius 3 is 2.55 bits per heavy atom. The van der Waals surface area contributed by atoms with E-state index < -0.39 is 12.1 Å². The van der Waals surface area contributed by atoms with Gasteiger partial charge in [0.2, 0.25) is 5.88 Å². The van der Waals surface area contributed by atoms with Crippen LogP contribution in [0.15, 0.2) is 47.3 Å². The normalized spacial score (nSPS) is 11.7. The Labute approximate surface area is 115 Å². The maximum atomic E-state index is 11.8. The highest BCUT2D eigenvalue weighted by Crippen LogP contribution is 2.09. The molecule has 6 nitrogen and oxygen atoms in total. The van der Waals surface area contributed by atoms with Crippen LogP contribution in [0.1, 0.15) is 6.92 Å². The fourth-order valence-electron chi connectivity index (χ4n) is 1.61. The minimum Gasteiger partial charge on any atom is -0.466 e. The number of methoxy groups -OCH3 is 1. The second-order valence-electron chi connectivity index (χ2n) is 4.04. The molecule has 0 spiro atoms. The summed E-state index contributed by atoms with van der Waals surface area (Å²) in [5.74, 6) is -0.337. The van der Waals surface area contributed by atoms with Crippen LogP contribution in [-0.2, 0) is 9.53 Å². The van der Waals surface area contributed by atoms with E-state index in [0.29, 0.717) is 5.69 Å². The fraction of sp³-hybridized carbons (Fsp3) is 0.214. The zero-order valence-electron chi connectivity index (χ0n) is 11.1. The molecular formula is C14H14N2O4. The van der Waals surface area contributed by atoms with E-state index in [2.05, 4.69) is 9.84 Å². The molecule has 104 valence electrons. The number of nitrogens with zero attached hydrogens (tertiary/aromatic N) is 2. The summed E-state index contributed by atoms with van der Waals surface area (Å²) in [6.07, 6.45) is -0.797. The third kappa shape index (κ3) is 3.03. The molecule has 1 unspecified atom stereocenters. The van der Waals surface area contributed by atoms with Gasteiger partial charge in [-0.15, -0.1) is 5.10 Å². The molecule has 0 aliphatic heterocycles. The quantitative estimate of drug-likeness (QED) is 0.783. The molecule has 6 heteroatoms. The van der Waals surface area contributed by atoms with E-state index in [4.69, 9.17) is 4.74 Å². The van der Waals surface area contributed by atoms with Crippen LogP contribution < -0.4 is 10.3 Å². The Morgan fingerprint density at radius 1 is 1.20 bits per heavy atom. The van der Waals surface area contributed by atoms with Gasteiger partial charge in [0.1, 0.15) is 0 Å². The topological polar surface area (TPSA) is 70.4 Å². The highest BCUT2D eigenvalue weighted by atomic mass is 16.6. The summed E-state index contributed by atoms with van der Waals surface area (Å²) in [6, 6.07) is 11.7. The molecule has 0 fully saturated rings. The number of rotatable bonds is 4. The van der Waals surface area contributed by atoms with Crippen molar-refractivity contribution in [1.29, 1.82) is 0 Å². The van der Waals surface area contributed by atoms with Crippen LogP contribution in [0.4, 0.5) is 0 Å². The van der Waals surface area contributed by atoms with Crippen LogP contribution in [0, 0.1) is 0 Å². The van der Waals surface area contributed by atoms with Crippen LogP contribution in [0.5, 0.6) is 5.88 Å². The Balaban J connectivity index is 2.30. The lowest BCUT2D eigenvalue weighted by Crippen LogP contribution is -2.27. The SMILES string of the molecule is COC(=O)C(C)Oc1ccc(=O)n(-c2ccccc2)n1. The summed E-state index contributed by atoms with van der Waals surface area (Å²) >= 11 is 0. The summed E-state index contributed by atoms with van der Waals surface area (Å²) in [5.41, 5.74) is 0.336. The standard InChI is InChI=1S/C14H14N2O4/c1-10(14(18)19-2)20-12-8-9-13(17)16(15-12)11-6-4-3-5-7-11/h3-10H,1-2H3. The van der Waals surface area contributed by atoms with E-state index in [-0.39, 0.29) is 11.4 Å². The fourth-order valence-corrected chi connectivity index (χ4v) is 1.61. The molecule has 0 bridgehead atoms. The first-order valence-electron chi connectivity index (χ1n) is 6.02. The van der Waals surface area contributed by atoms with E-state index in [1.165, 1.54) is 23.9 Å². The van der Waals surface area contributed by atoms with Gasteiger partial charge in [-0.3, -0.25) is 4.79 Å². The average Bonchev–Trinajstić information content (AvgIpc) is 2.49. The first kappa shape index (κ1) is 13.8. The van der Waals surface area contributed by atoms with Crippen molar-refractivity contribution in [3.05, 3.63) is 52.8 Å². The van der Waals surface area contributed by atoms with Crippen molar-refractivity contribution in [2.45, 2.75) is 13.0 Å². The Morgan fingerprint density at radius 2 is 1.90 bits per heavy atom. The largest absolute Gasteiger partial charge is 0.466 e. The predicted octanol–water partition coefficient (Wildman–Crippen LogP) is 1.17. The van der Waals surface area contributed by atoms with Crippen LogP contribution in [-0.4, -0.2) is 29.0 Å². The molecule has 0 aliphatic carbocycles. The number of ether oxygens (including phenoxy) is 2. The van der Waals surface area contributed by atoms with Gasteiger partial charge in [0.05, 0.1) is 12.8 Å². The number of aromatic nitrogens is 2. The van der Waals surface area contributed by atoms with Gasteiger partial charge in [-0.25, -0.2) is 4.79 Å². The summed E-state index contributed by atoms with van der Waals surface area (Å²) in [5, 5.41) is 4.07. The molecule has 0 saturated heterocycles. The lowest BCUT2D eigenvalue weighted by Gasteiger charge is -2.12. The van der Waals surface area contributed by atoms with E-state index in [1.54, 1.807) is 31.2 Å². The van der Waals surface area contributed by atoms with Gasteiger partial charge in [0.25, 0.3) is 5.56 Å². The number of carbonyl (C=O) groups excluding carboxylic acids is 1. The molecule has 1 atom stereocenters. The van der Waals surface area contributed by atoms with Crippen LogP contribution in [0.25, 0.3) is 5.69 Å². The van der Waals surface area contributed by atoms with E-state index in [1.807, 2.05) is 6.07 Å². The minimum atomic E-state index is -0.797. The molecule has 0 saturated carbocycles. The number of para-hydroxylation sites is 1. The van der Waals surface area contributed by atoms with Gasteiger partial charge in [0.15, 0.2) is 6.10 Å². The first-order chi connectivity index (χ1) is 9.61.